The van der Waals surface area contributed by atoms with E-state index in [0.29, 0.717) is 23.5 Å². The van der Waals surface area contributed by atoms with Gasteiger partial charge in [-0.3, -0.25) is 10.1 Å². The highest BCUT2D eigenvalue weighted by molar-refractivity contribution is 5.62. The Morgan fingerprint density at radius 1 is 1.37 bits per heavy atom. The summed E-state index contributed by atoms with van der Waals surface area (Å²) in [4.78, 5) is 17.2. The van der Waals surface area contributed by atoms with Crippen molar-refractivity contribution in [2.45, 2.75) is 20.3 Å². The molecule has 2 rings (SSSR count). The third kappa shape index (κ3) is 2.94. The smallest absolute Gasteiger partial charge is 0.311 e. The van der Waals surface area contributed by atoms with Gasteiger partial charge < -0.3 is 10.2 Å². The molecule has 0 amide bonds. The normalized spacial score (nSPS) is 23.2. The number of nitrogens with one attached hydrogen (secondary N) is 1. The second-order valence-electron chi connectivity index (χ2n) is 5.40. The van der Waals surface area contributed by atoms with Crippen LogP contribution in [0.3, 0.4) is 0 Å². The molecule has 0 bridgehead atoms. The van der Waals surface area contributed by atoms with E-state index in [9.17, 15) is 10.1 Å². The summed E-state index contributed by atoms with van der Waals surface area (Å²) in [5.41, 5.74) is 0.0836. The van der Waals surface area contributed by atoms with Gasteiger partial charge in [0.1, 0.15) is 5.82 Å². The Bertz CT molecular complexity index is 468. The number of pyridine rings is 1. The van der Waals surface area contributed by atoms with Crippen LogP contribution in [0, 0.1) is 22.0 Å². The summed E-state index contributed by atoms with van der Waals surface area (Å²) in [5, 5.41) is 14.1. The minimum atomic E-state index is -0.355. The number of rotatable bonds is 3. The first-order chi connectivity index (χ1) is 9.01. The van der Waals surface area contributed by atoms with Crippen LogP contribution in [-0.4, -0.2) is 30.0 Å². The molecule has 1 aliphatic heterocycles. The average Bonchev–Trinajstić information content (AvgIpc) is 2.36. The Kier molecular flexibility index (Phi) is 3.87. The van der Waals surface area contributed by atoms with Crippen molar-refractivity contribution in [2.24, 2.45) is 11.8 Å². The van der Waals surface area contributed by atoms with Crippen LogP contribution >= 0.6 is 0 Å². The molecule has 6 heteroatoms. The third-order valence-corrected chi connectivity index (χ3v) is 3.48. The summed E-state index contributed by atoms with van der Waals surface area (Å²) in [5.74, 6) is 2.20. The van der Waals surface area contributed by atoms with Gasteiger partial charge in [0.2, 0.25) is 5.82 Å². The van der Waals surface area contributed by atoms with E-state index in [-0.39, 0.29) is 10.6 Å². The van der Waals surface area contributed by atoms with E-state index in [0.717, 1.165) is 19.5 Å². The molecule has 0 radical (unpaired) electrons. The van der Waals surface area contributed by atoms with E-state index in [4.69, 9.17) is 0 Å². The number of hydrogen-bond acceptors (Lipinski definition) is 5. The molecule has 0 aromatic carbocycles. The number of nitrogens with zero attached hydrogens (tertiary/aromatic N) is 3. The Morgan fingerprint density at radius 2 is 2.00 bits per heavy atom. The van der Waals surface area contributed by atoms with Gasteiger partial charge in [0.25, 0.3) is 0 Å². The molecule has 0 spiro atoms. The maximum absolute atomic E-state index is 11.1. The summed E-state index contributed by atoms with van der Waals surface area (Å²) in [6.07, 6.45) is 1.16. The van der Waals surface area contributed by atoms with E-state index in [2.05, 4.69) is 24.1 Å². The molecule has 1 aromatic rings. The van der Waals surface area contributed by atoms with Crippen LogP contribution in [0.2, 0.25) is 0 Å². The van der Waals surface area contributed by atoms with E-state index in [1.54, 1.807) is 13.1 Å². The van der Waals surface area contributed by atoms with Gasteiger partial charge in [0, 0.05) is 26.2 Å². The SMILES string of the molecule is CNc1ccc([N+](=O)[O-])c(N2CC(C)CC(C)C2)n1. The molecule has 2 heterocycles. The second kappa shape index (κ2) is 5.42. The molecule has 1 saturated heterocycles. The van der Waals surface area contributed by atoms with Gasteiger partial charge in [-0.05, 0) is 24.3 Å². The van der Waals surface area contributed by atoms with Crippen LogP contribution in [0.5, 0.6) is 0 Å². The van der Waals surface area contributed by atoms with Gasteiger partial charge in [0.15, 0.2) is 0 Å². The zero-order valence-corrected chi connectivity index (χ0v) is 11.6. The lowest BCUT2D eigenvalue weighted by Gasteiger charge is -2.35. The van der Waals surface area contributed by atoms with Crippen LogP contribution in [-0.2, 0) is 0 Å². The lowest BCUT2D eigenvalue weighted by molar-refractivity contribution is -0.384. The van der Waals surface area contributed by atoms with Crippen molar-refractivity contribution in [3.63, 3.8) is 0 Å². The van der Waals surface area contributed by atoms with Crippen LogP contribution in [0.1, 0.15) is 20.3 Å². The number of nitro groups is 1. The standard InChI is InChI=1S/C13H20N4O2/c1-9-6-10(2)8-16(7-9)13-11(17(18)19)4-5-12(14-3)15-13/h4-5,9-10H,6-8H2,1-3H3,(H,14,15). The molecule has 6 nitrogen and oxygen atoms in total. The highest BCUT2D eigenvalue weighted by Crippen LogP contribution is 2.32. The molecule has 1 aliphatic rings. The van der Waals surface area contributed by atoms with Crippen molar-refractivity contribution < 1.29 is 4.92 Å². The Morgan fingerprint density at radius 3 is 2.53 bits per heavy atom. The maximum Gasteiger partial charge on any atom is 0.311 e. The largest absolute Gasteiger partial charge is 0.373 e. The van der Waals surface area contributed by atoms with Crippen molar-refractivity contribution in [1.82, 2.24) is 4.98 Å². The monoisotopic (exact) mass is 264 g/mol. The highest BCUT2D eigenvalue weighted by atomic mass is 16.6. The minimum Gasteiger partial charge on any atom is -0.373 e. The lowest BCUT2D eigenvalue weighted by atomic mass is 9.92. The molecule has 1 N–H and O–H groups in total. The minimum absolute atomic E-state index is 0.0836. The number of piperidine rings is 1. The first-order valence-corrected chi connectivity index (χ1v) is 6.59. The van der Waals surface area contributed by atoms with Crippen molar-refractivity contribution in [2.75, 3.05) is 30.4 Å². The number of aromatic nitrogens is 1. The highest BCUT2D eigenvalue weighted by Gasteiger charge is 2.28. The van der Waals surface area contributed by atoms with Crippen molar-refractivity contribution >= 4 is 17.3 Å². The molecule has 19 heavy (non-hydrogen) atoms. The fourth-order valence-electron chi connectivity index (χ4n) is 2.79. The molecule has 0 aliphatic carbocycles. The second-order valence-corrected chi connectivity index (χ2v) is 5.40. The van der Waals surface area contributed by atoms with E-state index in [1.165, 1.54) is 6.07 Å². The molecule has 1 fully saturated rings. The van der Waals surface area contributed by atoms with Crippen LogP contribution < -0.4 is 10.2 Å². The molecule has 104 valence electrons. The van der Waals surface area contributed by atoms with E-state index in [1.807, 2.05) is 4.90 Å². The van der Waals surface area contributed by atoms with Gasteiger partial charge >= 0.3 is 5.69 Å². The summed E-state index contributed by atoms with van der Waals surface area (Å²) in [6, 6.07) is 3.16. The first kappa shape index (κ1) is 13.6. The van der Waals surface area contributed by atoms with Crippen LogP contribution in [0.15, 0.2) is 12.1 Å². The van der Waals surface area contributed by atoms with Crippen molar-refractivity contribution in [1.29, 1.82) is 0 Å². The molecule has 2 atom stereocenters. The lowest BCUT2D eigenvalue weighted by Crippen LogP contribution is -2.39. The van der Waals surface area contributed by atoms with E-state index < -0.39 is 0 Å². The summed E-state index contributed by atoms with van der Waals surface area (Å²) < 4.78 is 0. The number of hydrogen-bond donors (Lipinski definition) is 1. The zero-order valence-electron chi connectivity index (χ0n) is 11.6. The van der Waals surface area contributed by atoms with Gasteiger partial charge in [0.05, 0.1) is 4.92 Å². The predicted octanol–water partition coefficient (Wildman–Crippen LogP) is 2.51. The fourth-order valence-corrected chi connectivity index (χ4v) is 2.79. The topological polar surface area (TPSA) is 71.3 Å². The molecular weight excluding hydrogens is 244 g/mol. The summed E-state index contributed by atoms with van der Waals surface area (Å²) in [7, 11) is 1.76. The van der Waals surface area contributed by atoms with Gasteiger partial charge in [-0.15, -0.1) is 0 Å². The van der Waals surface area contributed by atoms with Crippen LogP contribution in [0.4, 0.5) is 17.3 Å². The van der Waals surface area contributed by atoms with Crippen molar-refractivity contribution in [3.8, 4) is 0 Å². The quantitative estimate of drug-likeness (QED) is 0.671. The fraction of sp³-hybridized carbons (Fsp3) is 0.615. The maximum atomic E-state index is 11.1. The average molecular weight is 264 g/mol. The molecule has 0 saturated carbocycles. The Labute approximate surface area is 113 Å². The molecule has 1 aromatic heterocycles. The van der Waals surface area contributed by atoms with Crippen molar-refractivity contribution in [3.05, 3.63) is 22.2 Å². The van der Waals surface area contributed by atoms with E-state index >= 15 is 0 Å². The summed E-state index contributed by atoms with van der Waals surface area (Å²) in [6.45, 7) is 6.00. The van der Waals surface area contributed by atoms with Crippen LogP contribution in [0.25, 0.3) is 0 Å². The Hall–Kier alpha value is -1.85. The molecular formula is C13H20N4O2. The first-order valence-electron chi connectivity index (χ1n) is 6.59. The van der Waals surface area contributed by atoms with Gasteiger partial charge in [-0.2, -0.15) is 0 Å². The predicted molar refractivity (Wildman–Crippen MR) is 75.6 cm³/mol. The third-order valence-electron chi connectivity index (χ3n) is 3.48. The molecule has 2 unspecified atom stereocenters. The number of anilines is 2. The zero-order chi connectivity index (χ0) is 14.0. The van der Waals surface area contributed by atoms with Gasteiger partial charge in [-0.1, -0.05) is 13.8 Å². The Balaban J connectivity index is 2.38. The summed E-state index contributed by atoms with van der Waals surface area (Å²) >= 11 is 0. The van der Waals surface area contributed by atoms with Gasteiger partial charge in [-0.25, -0.2) is 4.98 Å².